The molecule has 2 amide bonds. The average molecular weight is 466 g/mol. The number of allylic oxidation sites excluding steroid dienone is 4. The van der Waals surface area contributed by atoms with Crippen LogP contribution in [0.15, 0.2) is 24.3 Å². The minimum absolute atomic E-state index is 0.139. The van der Waals surface area contributed by atoms with Gasteiger partial charge < -0.3 is 20.6 Å². The summed E-state index contributed by atoms with van der Waals surface area (Å²) in [6, 6.07) is 0. The van der Waals surface area contributed by atoms with Crippen molar-refractivity contribution >= 4 is 11.8 Å². The van der Waals surface area contributed by atoms with Gasteiger partial charge in [0, 0.05) is 39.1 Å². The molecule has 0 aliphatic heterocycles. The molecule has 0 fully saturated rings. The first-order chi connectivity index (χ1) is 16.1. The highest BCUT2D eigenvalue weighted by Gasteiger charge is 2.06. The lowest BCUT2D eigenvalue weighted by Crippen LogP contribution is -2.33. The van der Waals surface area contributed by atoms with E-state index in [2.05, 4.69) is 53.7 Å². The molecular weight excluding hydrogens is 414 g/mol. The fourth-order valence-corrected chi connectivity index (χ4v) is 3.53. The summed E-state index contributed by atoms with van der Waals surface area (Å²) in [5.74, 6) is 0.279. The van der Waals surface area contributed by atoms with Gasteiger partial charge in [0.15, 0.2) is 0 Å². The standard InChI is InChI=1S/C27H51N3O3/c1-3-5-7-9-11-13-18-26(32)28-20-15-22-30(24-17-25-31)23-16-21-29-27(33)19-14-12-10-8-6-4-2/h5-8,31H,3-4,9-25H2,1-2H3,(H,28,32)(H,29,33)/b7-5+,8-6+. The van der Waals surface area contributed by atoms with E-state index >= 15 is 0 Å². The van der Waals surface area contributed by atoms with Crippen LogP contribution in [0.4, 0.5) is 0 Å². The zero-order chi connectivity index (χ0) is 24.4. The van der Waals surface area contributed by atoms with E-state index < -0.39 is 0 Å². The zero-order valence-corrected chi connectivity index (χ0v) is 21.5. The van der Waals surface area contributed by atoms with Crippen LogP contribution in [0.2, 0.25) is 0 Å². The molecule has 0 radical (unpaired) electrons. The van der Waals surface area contributed by atoms with Crippen LogP contribution in [0.25, 0.3) is 0 Å². The second kappa shape index (κ2) is 25.0. The molecule has 0 spiro atoms. The first kappa shape index (κ1) is 31.3. The SMILES string of the molecule is CC/C=C/CCCCC(=O)NCCCN(CCCO)CCCNC(=O)CCCC/C=C/CC. The van der Waals surface area contributed by atoms with Gasteiger partial charge >= 0.3 is 0 Å². The van der Waals surface area contributed by atoms with Gasteiger partial charge in [-0.3, -0.25) is 9.59 Å². The van der Waals surface area contributed by atoms with Crippen molar-refractivity contribution < 1.29 is 14.7 Å². The normalized spacial score (nSPS) is 11.6. The molecule has 0 saturated heterocycles. The minimum Gasteiger partial charge on any atom is -0.396 e. The number of nitrogens with one attached hydrogen (secondary N) is 2. The van der Waals surface area contributed by atoms with Crippen molar-refractivity contribution in [3.8, 4) is 0 Å². The molecule has 0 aliphatic carbocycles. The van der Waals surface area contributed by atoms with Crippen LogP contribution in [0.3, 0.4) is 0 Å². The number of unbranched alkanes of at least 4 members (excludes halogenated alkanes) is 4. The highest BCUT2D eigenvalue weighted by atomic mass is 16.3. The fourth-order valence-electron chi connectivity index (χ4n) is 3.53. The predicted molar refractivity (Wildman–Crippen MR) is 139 cm³/mol. The van der Waals surface area contributed by atoms with Crippen LogP contribution >= 0.6 is 0 Å². The molecule has 6 heteroatoms. The molecular formula is C27H51N3O3. The lowest BCUT2D eigenvalue weighted by molar-refractivity contribution is -0.122. The van der Waals surface area contributed by atoms with Crippen molar-refractivity contribution in [1.82, 2.24) is 15.5 Å². The number of amides is 2. The number of rotatable bonds is 23. The Morgan fingerprint density at radius 1 is 0.667 bits per heavy atom. The van der Waals surface area contributed by atoms with Gasteiger partial charge in [0.05, 0.1) is 0 Å². The molecule has 3 N–H and O–H groups in total. The van der Waals surface area contributed by atoms with E-state index in [-0.39, 0.29) is 18.4 Å². The molecule has 0 rings (SSSR count). The van der Waals surface area contributed by atoms with Crippen LogP contribution in [-0.2, 0) is 9.59 Å². The second-order valence-corrected chi connectivity index (χ2v) is 8.58. The number of hydrogen-bond donors (Lipinski definition) is 3. The Labute approximate surface area is 203 Å². The minimum atomic E-state index is 0.139. The predicted octanol–water partition coefficient (Wildman–Crippen LogP) is 4.74. The van der Waals surface area contributed by atoms with Gasteiger partial charge in [-0.1, -0.05) is 38.2 Å². The van der Waals surface area contributed by atoms with E-state index in [9.17, 15) is 9.59 Å². The summed E-state index contributed by atoms with van der Waals surface area (Å²) in [5, 5.41) is 15.2. The van der Waals surface area contributed by atoms with Crippen LogP contribution in [0.1, 0.15) is 97.3 Å². The smallest absolute Gasteiger partial charge is 0.219 e. The first-order valence-electron chi connectivity index (χ1n) is 13.3. The van der Waals surface area contributed by atoms with Crippen molar-refractivity contribution in [2.45, 2.75) is 97.3 Å². The number of carbonyl (C=O) groups excluding carboxylic acids is 2. The summed E-state index contributed by atoms with van der Waals surface area (Å²) >= 11 is 0. The molecule has 0 aliphatic rings. The molecule has 0 saturated carbocycles. The summed E-state index contributed by atoms with van der Waals surface area (Å²) in [6.45, 7) is 8.44. The van der Waals surface area contributed by atoms with Gasteiger partial charge in [-0.25, -0.2) is 0 Å². The maximum atomic E-state index is 11.9. The van der Waals surface area contributed by atoms with Gasteiger partial charge in [-0.2, -0.15) is 0 Å². The van der Waals surface area contributed by atoms with Crippen LogP contribution in [0.5, 0.6) is 0 Å². The van der Waals surface area contributed by atoms with E-state index in [1.165, 1.54) is 0 Å². The Morgan fingerprint density at radius 3 is 1.55 bits per heavy atom. The third-order valence-corrected chi connectivity index (χ3v) is 5.43. The molecule has 0 bridgehead atoms. The Bertz CT molecular complexity index is 479. The Balaban J connectivity index is 3.84. The van der Waals surface area contributed by atoms with E-state index in [0.29, 0.717) is 25.9 Å². The highest BCUT2D eigenvalue weighted by Crippen LogP contribution is 2.03. The molecule has 0 aromatic carbocycles. The number of aliphatic hydroxyl groups excluding tert-OH is 1. The zero-order valence-electron chi connectivity index (χ0n) is 21.5. The number of carbonyl (C=O) groups is 2. The lowest BCUT2D eigenvalue weighted by atomic mass is 10.1. The topological polar surface area (TPSA) is 81.7 Å². The van der Waals surface area contributed by atoms with Gasteiger partial charge in [0.2, 0.25) is 11.8 Å². The molecule has 0 aromatic heterocycles. The van der Waals surface area contributed by atoms with Crippen LogP contribution < -0.4 is 10.6 Å². The largest absolute Gasteiger partial charge is 0.396 e. The maximum absolute atomic E-state index is 11.9. The fraction of sp³-hybridized carbons (Fsp3) is 0.778. The molecule has 192 valence electrons. The number of hydrogen-bond acceptors (Lipinski definition) is 4. The van der Waals surface area contributed by atoms with E-state index in [4.69, 9.17) is 5.11 Å². The monoisotopic (exact) mass is 465 g/mol. The first-order valence-corrected chi connectivity index (χ1v) is 13.3. The summed E-state index contributed by atoms with van der Waals surface area (Å²) in [5.41, 5.74) is 0. The van der Waals surface area contributed by atoms with E-state index in [0.717, 1.165) is 90.3 Å². The quantitative estimate of drug-likeness (QED) is 0.150. The molecule has 0 aromatic rings. The van der Waals surface area contributed by atoms with Crippen molar-refractivity contribution in [1.29, 1.82) is 0 Å². The lowest BCUT2D eigenvalue weighted by Gasteiger charge is -2.22. The maximum Gasteiger partial charge on any atom is 0.219 e. The average Bonchev–Trinajstić information content (AvgIpc) is 2.81. The molecule has 0 atom stereocenters. The van der Waals surface area contributed by atoms with Gasteiger partial charge in [-0.05, 0) is 83.7 Å². The summed E-state index contributed by atoms with van der Waals surface area (Å²) in [6.07, 6.45) is 20.7. The molecule has 33 heavy (non-hydrogen) atoms. The highest BCUT2D eigenvalue weighted by molar-refractivity contribution is 5.76. The summed E-state index contributed by atoms with van der Waals surface area (Å²) < 4.78 is 0. The van der Waals surface area contributed by atoms with Crippen molar-refractivity contribution in [3.05, 3.63) is 24.3 Å². The number of nitrogens with zero attached hydrogens (tertiary/aromatic N) is 1. The van der Waals surface area contributed by atoms with Gasteiger partial charge in [0.25, 0.3) is 0 Å². The van der Waals surface area contributed by atoms with E-state index in [1.807, 2.05) is 0 Å². The van der Waals surface area contributed by atoms with Gasteiger partial charge in [-0.15, -0.1) is 0 Å². The third kappa shape index (κ3) is 23.3. The Hall–Kier alpha value is -1.66. The van der Waals surface area contributed by atoms with Crippen molar-refractivity contribution in [2.75, 3.05) is 39.3 Å². The van der Waals surface area contributed by atoms with E-state index in [1.54, 1.807) is 0 Å². The Kier molecular flexibility index (Phi) is 23.7. The molecule has 0 unspecified atom stereocenters. The molecule has 0 heterocycles. The van der Waals surface area contributed by atoms with Crippen LogP contribution in [-0.4, -0.2) is 61.2 Å². The van der Waals surface area contributed by atoms with Crippen molar-refractivity contribution in [3.63, 3.8) is 0 Å². The summed E-state index contributed by atoms with van der Waals surface area (Å²) in [7, 11) is 0. The van der Waals surface area contributed by atoms with Crippen LogP contribution in [0, 0.1) is 0 Å². The van der Waals surface area contributed by atoms with Gasteiger partial charge in [0.1, 0.15) is 0 Å². The summed E-state index contributed by atoms with van der Waals surface area (Å²) in [4.78, 5) is 26.2. The Morgan fingerprint density at radius 2 is 1.12 bits per heavy atom. The number of aliphatic hydroxyl groups is 1. The molecule has 6 nitrogen and oxygen atoms in total. The third-order valence-electron chi connectivity index (χ3n) is 5.43. The van der Waals surface area contributed by atoms with Crippen molar-refractivity contribution in [2.24, 2.45) is 0 Å². The second-order valence-electron chi connectivity index (χ2n) is 8.58.